The number of fused-ring (bicyclic) bond motifs is 1. The first-order valence-corrected chi connectivity index (χ1v) is 7.43. The maximum atomic E-state index is 14.1. The first-order valence-electron chi connectivity index (χ1n) is 7.43. The fourth-order valence-electron chi connectivity index (χ4n) is 2.64. The van der Waals surface area contributed by atoms with Crippen molar-refractivity contribution in [2.45, 2.75) is 12.1 Å². The number of benzene rings is 2. The van der Waals surface area contributed by atoms with E-state index >= 15 is 0 Å². The van der Waals surface area contributed by atoms with E-state index < -0.39 is 47.2 Å². The van der Waals surface area contributed by atoms with Gasteiger partial charge in [0.05, 0.1) is 12.7 Å². The Morgan fingerprint density at radius 2 is 1.70 bits per heavy atom. The Labute approximate surface area is 149 Å². The van der Waals surface area contributed by atoms with E-state index in [0.717, 1.165) is 30.2 Å². The molecule has 0 heterocycles. The van der Waals surface area contributed by atoms with Gasteiger partial charge in [-0.05, 0) is 29.0 Å². The summed E-state index contributed by atoms with van der Waals surface area (Å²) in [5.74, 6) is -8.06. The average molecular weight is 391 g/mol. The van der Waals surface area contributed by atoms with Crippen LogP contribution < -0.4 is 4.74 Å². The van der Waals surface area contributed by atoms with Crippen molar-refractivity contribution >= 4 is 22.6 Å². The van der Waals surface area contributed by atoms with Gasteiger partial charge in [0.25, 0.3) is 5.91 Å². The van der Waals surface area contributed by atoms with E-state index in [1.807, 2.05) is 0 Å². The molecule has 2 aromatic carbocycles. The Kier molecular flexibility index (Phi) is 5.30. The third kappa shape index (κ3) is 3.64. The van der Waals surface area contributed by atoms with Gasteiger partial charge >= 0.3 is 18.1 Å². The van der Waals surface area contributed by atoms with Gasteiger partial charge in [0.2, 0.25) is 0 Å². The van der Waals surface area contributed by atoms with Crippen LogP contribution in [0.5, 0.6) is 5.75 Å². The number of nitrogens with zero attached hydrogens (tertiary/aromatic N) is 1. The maximum absolute atomic E-state index is 14.1. The predicted octanol–water partition coefficient (Wildman–Crippen LogP) is 3.66. The minimum absolute atomic E-state index is 0.181. The van der Waals surface area contributed by atoms with E-state index in [4.69, 9.17) is 5.11 Å². The lowest BCUT2D eigenvalue weighted by atomic mass is 9.94. The van der Waals surface area contributed by atoms with E-state index in [0.29, 0.717) is 0 Å². The molecular weight excluding hydrogens is 377 g/mol. The second-order valence-corrected chi connectivity index (χ2v) is 5.67. The lowest BCUT2D eigenvalue weighted by molar-refractivity contribution is -0.289. The molecule has 5 nitrogen and oxygen atoms in total. The van der Waals surface area contributed by atoms with Crippen LogP contribution in [0.15, 0.2) is 30.3 Å². The third-order valence-corrected chi connectivity index (χ3v) is 3.86. The van der Waals surface area contributed by atoms with Crippen molar-refractivity contribution in [2.75, 3.05) is 20.7 Å². The van der Waals surface area contributed by atoms with Gasteiger partial charge in [0, 0.05) is 12.6 Å². The zero-order chi connectivity index (χ0) is 20.6. The summed E-state index contributed by atoms with van der Waals surface area (Å²) >= 11 is 0. The Morgan fingerprint density at radius 1 is 1.07 bits per heavy atom. The Balaban J connectivity index is 2.76. The largest absolute Gasteiger partial charge is 0.496 e. The molecule has 27 heavy (non-hydrogen) atoms. The van der Waals surface area contributed by atoms with Crippen LogP contribution in [-0.2, 0) is 10.7 Å². The molecule has 0 fully saturated rings. The van der Waals surface area contributed by atoms with E-state index in [1.165, 1.54) is 19.2 Å². The van der Waals surface area contributed by atoms with Crippen molar-refractivity contribution in [2.24, 2.45) is 0 Å². The number of likely N-dealkylation sites (N-methyl/N-ethyl adjacent to an activating group) is 1. The van der Waals surface area contributed by atoms with Gasteiger partial charge < -0.3 is 14.7 Å². The number of aliphatic carboxylic acids is 1. The van der Waals surface area contributed by atoms with Crippen molar-refractivity contribution in [3.63, 3.8) is 0 Å². The van der Waals surface area contributed by atoms with Crippen LogP contribution in [0.1, 0.15) is 15.9 Å². The molecule has 0 saturated carbocycles. The summed E-state index contributed by atoms with van der Waals surface area (Å²) in [5.41, 5.74) is -1.62. The topological polar surface area (TPSA) is 66.8 Å². The van der Waals surface area contributed by atoms with Crippen LogP contribution in [0.3, 0.4) is 0 Å². The number of halogens is 5. The van der Waals surface area contributed by atoms with E-state index in [9.17, 15) is 31.5 Å². The van der Waals surface area contributed by atoms with Gasteiger partial charge in [0.15, 0.2) is 0 Å². The van der Waals surface area contributed by atoms with Crippen molar-refractivity contribution in [1.29, 1.82) is 0 Å². The van der Waals surface area contributed by atoms with Crippen LogP contribution in [0.4, 0.5) is 22.0 Å². The van der Waals surface area contributed by atoms with Gasteiger partial charge in [-0.2, -0.15) is 22.0 Å². The highest BCUT2D eigenvalue weighted by Gasteiger charge is 2.60. The van der Waals surface area contributed by atoms with Crippen LogP contribution in [0, 0.1) is 0 Å². The lowest BCUT2D eigenvalue weighted by Crippen LogP contribution is -2.34. The van der Waals surface area contributed by atoms with Gasteiger partial charge in [-0.25, -0.2) is 0 Å². The number of carboxylic acids is 1. The number of carboxylic acid groups (broad SMARTS) is 1. The summed E-state index contributed by atoms with van der Waals surface area (Å²) in [7, 11) is 2.12. The second-order valence-electron chi connectivity index (χ2n) is 5.67. The second kappa shape index (κ2) is 7.01. The summed E-state index contributed by atoms with van der Waals surface area (Å²) in [5, 5.41) is 8.06. The minimum atomic E-state index is -5.88. The molecule has 0 radical (unpaired) electrons. The van der Waals surface area contributed by atoms with Gasteiger partial charge in [-0.15, -0.1) is 0 Å². The minimum Gasteiger partial charge on any atom is -0.496 e. The normalized spacial score (nSPS) is 12.1. The number of amides is 1. The van der Waals surface area contributed by atoms with E-state index in [2.05, 4.69) is 4.74 Å². The van der Waals surface area contributed by atoms with Crippen LogP contribution in [0.2, 0.25) is 0 Å². The summed E-state index contributed by atoms with van der Waals surface area (Å²) in [6.45, 7) is -0.670. The van der Waals surface area contributed by atoms with Crippen molar-refractivity contribution in [3.05, 3.63) is 41.5 Å². The number of hydrogen-bond donors (Lipinski definition) is 1. The van der Waals surface area contributed by atoms with E-state index in [1.54, 1.807) is 0 Å². The molecule has 0 unspecified atom stereocenters. The smallest absolute Gasteiger partial charge is 0.458 e. The molecule has 0 spiro atoms. The molecule has 1 amide bonds. The van der Waals surface area contributed by atoms with Crippen LogP contribution in [-0.4, -0.2) is 48.8 Å². The molecule has 0 aliphatic heterocycles. The zero-order valence-electron chi connectivity index (χ0n) is 14.1. The third-order valence-electron chi connectivity index (χ3n) is 3.86. The molecule has 146 valence electrons. The van der Waals surface area contributed by atoms with Crippen molar-refractivity contribution in [1.82, 2.24) is 4.90 Å². The Morgan fingerprint density at radius 3 is 2.22 bits per heavy atom. The fraction of sp³-hybridized carbons (Fsp3) is 0.294. The SMILES string of the molecule is COc1ccc2c(C(=O)N(C)CC(=O)O)cccc2c1C(F)(F)C(F)(F)F. The summed E-state index contributed by atoms with van der Waals surface area (Å²) in [6, 6.07) is 5.45. The standard InChI is InChI=1S/C17H14F5NO4/c1-23(8-13(24)25)15(26)11-5-3-4-10-9(11)6-7-12(27-2)14(10)16(18,19)17(20,21)22/h3-7H,8H2,1-2H3,(H,24,25). The Hall–Kier alpha value is -2.91. The van der Waals surface area contributed by atoms with Crippen LogP contribution in [0.25, 0.3) is 10.8 Å². The highest BCUT2D eigenvalue weighted by atomic mass is 19.4. The molecular formula is C17H14F5NO4. The number of hydrogen-bond acceptors (Lipinski definition) is 3. The van der Waals surface area contributed by atoms with Crippen LogP contribution >= 0.6 is 0 Å². The molecule has 0 bridgehead atoms. The van der Waals surface area contributed by atoms with Crippen molar-refractivity contribution in [3.8, 4) is 5.75 Å². The monoisotopic (exact) mass is 391 g/mol. The molecule has 0 atom stereocenters. The summed E-state index contributed by atoms with van der Waals surface area (Å²) in [6.07, 6.45) is -5.88. The molecule has 1 N–H and O–H groups in total. The molecule has 0 saturated heterocycles. The molecule has 2 rings (SSSR count). The number of carbonyl (C=O) groups is 2. The zero-order valence-corrected chi connectivity index (χ0v) is 14.1. The first kappa shape index (κ1) is 20.4. The van der Waals surface area contributed by atoms with Crippen molar-refractivity contribution < 1.29 is 41.4 Å². The predicted molar refractivity (Wildman–Crippen MR) is 85.0 cm³/mol. The van der Waals surface area contributed by atoms with E-state index in [-0.39, 0.29) is 10.9 Å². The number of alkyl halides is 5. The lowest BCUT2D eigenvalue weighted by Gasteiger charge is -2.24. The maximum Gasteiger partial charge on any atom is 0.458 e. The summed E-state index contributed by atoms with van der Waals surface area (Å²) < 4.78 is 71.8. The molecule has 0 aliphatic rings. The summed E-state index contributed by atoms with van der Waals surface area (Å²) in [4.78, 5) is 24.0. The number of ether oxygens (including phenoxy) is 1. The fourth-order valence-corrected chi connectivity index (χ4v) is 2.64. The molecule has 2 aromatic rings. The highest BCUT2D eigenvalue weighted by molar-refractivity contribution is 6.08. The highest BCUT2D eigenvalue weighted by Crippen LogP contribution is 2.50. The number of methoxy groups -OCH3 is 1. The van der Waals surface area contributed by atoms with Gasteiger partial charge in [-0.1, -0.05) is 12.1 Å². The molecule has 10 heteroatoms. The Bertz CT molecular complexity index is 895. The quantitative estimate of drug-likeness (QED) is 0.790. The first-order chi connectivity index (χ1) is 12.4. The molecule has 0 aromatic heterocycles. The number of rotatable bonds is 5. The van der Waals surface area contributed by atoms with Gasteiger partial charge in [-0.3, -0.25) is 9.59 Å². The van der Waals surface area contributed by atoms with Gasteiger partial charge in [0.1, 0.15) is 12.3 Å². The molecule has 0 aliphatic carbocycles. The average Bonchev–Trinajstić information content (AvgIpc) is 2.57. The number of carbonyl (C=O) groups excluding carboxylic acids is 1.